The molecule has 0 unspecified atom stereocenters. The van der Waals surface area contributed by atoms with Crippen molar-refractivity contribution in [1.82, 2.24) is 0 Å². The Hall–Kier alpha value is -0.620. The summed E-state index contributed by atoms with van der Waals surface area (Å²) in [7, 11) is 0. The minimum atomic E-state index is 0.168. The van der Waals surface area contributed by atoms with E-state index >= 15 is 0 Å². The zero-order valence-corrected chi connectivity index (χ0v) is 17.1. The summed E-state index contributed by atoms with van der Waals surface area (Å²) in [6.45, 7) is 6.86. The lowest BCUT2D eigenvalue weighted by Crippen LogP contribution is -2.11. The summed E-state index contributed by atoms with van der Waals surface area (Å²) < 4.78 is 2.68. The first kappa shape index (κ1) is 14.9. The molecule has 0 nitrogen and oxygen atoms in total. The zero-order chi connectivity index (χ0) is 15.6. The van der Waals surface area contributed by atoms with E-state index in [2.05, 4.69) is 108 Å². The van der Waals surface area contributed by atoms with Crippen LogP contribution in [0.2, 0.25) is 0 Å². The highest BCUT2D eigenvalue weighted by atomic mass is 127. The van der Waals surface area contributed by atoms with Crippen LogP contribution in [-0.2, 0) is 5.41 Å². The van der Waals surface area contributed by atoms with Gasteiger partial charge in [-0.1, -0.05) is 51.1 Å². The highest BCUT2D eigenvalue weighted by Crippen LogP contribution is 2.41. The van der Waals surface area contributed by atoms with E-state index in [-0.39, 0.29) is 5.41 Å². The Morgan fingerprint density at radius 2 is 1.23 bits per heavy atom. The van der Waals surface area contributed by atoms with Crippen molar-refractivity contribution in [2.45, 2.75) is 26.2 Å². The van der Waals surface area contributed by atoms with E-state index in [1.54, 1.807) is 0 Å². The largest absolute Gasteiger partial charge is 0.0610 e. The molecule has 0 saturated carbocycles. The van der Waals surface area contributed by atoms with Crippen LogP contribution in [0.1, 0.15) is 26.3 Å². The van der Waals surface area contributed by atoms with Crippen molar-refractivity contribution in [2.24, 2.45) is 0 Å². The molecule has 0 aliphatic rings. The molecule has 0 aliphatic carbocycles. The van der Waals surface area contributed by atoms with Crippen molar-refractivity contribution in [1.29, 1.82) is 0 Å². The third-order valence-corrected chi connectivity index (χ3v) is 6.24. The van der Waals surface area contributed by atoms with E-state index < -0.39 is 0 Å². The van der Waals surface area contributed by atoms with Crippen LogP contribution in [0.25, 0.3) is 32.3 Å². The highest BCUT2D eigenvalue weighted by molar-refractivity contribution is 14.1. The standard InChI is InChI=1S/C20H16I2/c1-20(2,3)13-7-11-9-16(21)14-5-4-6-15-17(22)10-12(8-13)18(11)19(14)15/h4-10H,1-3H3. The molecule has 0 fully saturated rings. The second-order valence-electron chi connectivity index (χ2n) is 6.99. The van der Waals surface area contributed by atoms with E-state index in [9.17, 15) is 0 Å². The van der Waals surface area contributed by atoms with Gasteiger partial charge in [0, 0.05) is 7.14 Å². The summed E-state index contributed by atoms with van der Waals surface area (Å²) in [6.07, 6.45) is 0. The molecule has 0 amide bonds. The van der Waals surface area contributed by atoms with E-state index in [1.165, 1.54) is 45.0 Å². The number of hydrogen-bond donors (Lipinski definition) is 0. The van der Waals surface area contributed by atoms with Crippen LogP contribution >= 0.6 is 45.2 Å². The number of rotatable bonds is 0. The van der Waals surface area contributed by atoms with Gasteiger partial charge in [0.25, 0.3) is 0 Å². The third-order valence-electron chi connectivity index (χ3n) is 4.46. The van der Waals surface area contributed by atoms with Crippen LogP contribution < -0.4 is 0 Å². The molecular weight excluding hydrogens is 494 g/mol. The number of hydrogen-bond acceptors (Lipinski definition) is 0. The lowest BCUT2D eigenvalue weighted by Gasteiger charge is -2.22. The molecule has 0 aromatic heterocycles. The van der Waals surface area contributed by atoms with Gasteiger partial charge < -0.3 is 0 Å². The molecule has 0 saturated heterocycles. The Kier molecular flexibility index (Phi) is 3.35. The van der Waals surface area contributed by atoms with E-state index in [1.807, 2.05) is 0 Å². The lowest BCUT2D eigenvalue weighted by atomic mass is 9.83. The van der Waals surface area contributed by atoms with Crippen molar-refractivity contribution in [3.8, 4) is 0 Å². The van der Waals surface area contributed by atoms with Gasteiger partial charge in [0.2, 0.25) is 0 Å². The maximum Gasteiger partial charge on any atom is 0.0215 e. The Balaban J connectivity index is 2.32. The van der Waals surface area contributed by atoms with Crippen molar-refractivity contribution in [3.05, 3.63) is 55.2 Å². The van der Waals surface area contributed by atoms with Crippen LogP contribution in [0.4, 0.5) is 0 Å². The van der Waals surface area contributed by atoms with Gasteiger partial charge in [-0.2, -0.15) is 0 Å². The molecule has 0 aliphatic heterocycles. The van der Waals surface area contributed by atoms with Gasteiger partial charge in [0.05, 0.1) is 0 Å². The average molecular weight is 510 g/mol. The summed E-state index contributed by atoms with van der Waals surface area (Å²) >= 11 is 4.95. The second kappa shape index (κ2) is 4.94. The summed E-state index contributed by atoms with van der Waals surface area (Å²) in [5, 5.41) is 8.32. The fraction of sp³-hybridized carbons (Fsp3) is 0.200. The van der Waals surface area contributed by atoms with Crippen molar-refractivity contribution < 1.29 is 0 Å². The third kappa shape index (κ3) is 2.13. The second-order valence-corrected chi connectivity index (χ2v) is 9.32. The Labute approximate surface area is 157 Å². The SMILES string of the molecule is CC(C)(C)c1cc2cc(I)c3cccc4c(I)cc(c1)c2c34. The lowest BCUT2D eigenvalue weighted by molar-refractivity contribution is 0.591. The Bertz CT molecular complexity index is 953. The number of halogens is 2. The van der Waals surface area contributed by atoms with E-state index in [0.29, 0.717) is 0 Å². The molecule has 0 bridgehead atoms. The maximum absolute atomic E-state index is 2.48. The van der Waals surface area contributed by atoms with Gasteiger partial charge in [0.1, 0.15) is 0 Å². The summed E-state index contributed by atoms with van der Waals surface area (Å²) in [5.74, 6) is 0. The van der Waals surface area contributed by atoms with Gasteiger partial charge >= 0.3 is 0 Å². The van der Waals surface area contributed by atoms with Crippen LogP contribution in [-0.4, -0.2) is 0 Å². The first-order valence-corrected chi connectivity index (χ1v) is 9.59. The summed E-state index contributed by atoms with van der Waals surface area (Å²) in [6, 6.07) is 16.1. The fourth-order valence-corrected chi connectivity index (χ4v) is 4.86. The summed E-state index contributed by atoms with van der Waals surface area (Å²) in [5.41, 5.74) is 1.58. The molecule has 0 heterocycles. The molecule has 4 aromatic carbocycles. The van der Waals surface area contributed by atoms with Crippen LogP contribution in [0.3, 0.4) is 0 Å². The molecule has 4 aromatic rings. The predicted molar refractivity (Wildman–Crippen MR) is 114 cm³/mol. The van der Waals surface area contributed by atoms with Gasteiger partial charge in [-0.15, -0.1) is 0 Å². The van der Waals surface area contributed by atoms with Crippen LogP contribution in [0, 0.1) is 7.14 Å². The topological polar surface area (TPSA) is 0 Å². The molecule has 0 N–H and O–H groups in total. The van der Waals surface area contributed by atoms with Gasteiger partial charge in [-0.25, -0.2) is 0 Å². The van der Waals surface area contributed by atoms with Crippen molar-refractivity contribution >= 4 is 77.5 Å². The highest BCUT2D eigenvalue weighted by Gasteiger charge is 2.18. The van der Waals surface area contributed by atoms with E-state index in [0.717, 1.165) is 0 Å². The molecule has 2 heteroatoms. The van der Waals surface area contributed by atoms with Crippen molar-refractivity contribution in [3.63, 3.8) is 0 Å². The molecule has 0 atom stereocenters. The molecule has 4 rings (SSSR count). The van der Waals surface area contributed by atoms with Crippen LogP contribution in [0.15, 0.2) is 42.5 Å². The minimum absolute atomic E-state index is 0.168. The first-order valence-electron chi connectivity index (χ1n) is 7.43. The Morgan fingerprint density at radius 1 is 0.727 bits per heavy atom. The molecule has 22 heavy (non-hydrogen) atoms. The van der Waals surface area contributed by atoms with Crippen LogP contribution in [0.5, 0.6) is 0 Å². The smallest absolute Gasteiger partial charge is 0.0215 e. The molecule has 0 radical (unpaired) electrons. The zero-order valence-electron chi connectivity index (χ0n) is 12.8. The number of benzene rings is 4. The van der Waals surface area contributed by atoms with Crippen molar-refractivity contribution in [2.75, 3.05) is 0 Å². The quantitative estimate of drug-likeness (QED) is 0.175. The average Bonchev–Trinajstić information content (AvgIpc) is 2.45. The monoisotopic (exact) mass is 510 g/mol. The first-order chi connectivity index (χ1) is 10.4. The predicted octanol–water partition coefficient (Wildman–Crippen LogP) is 7.09. The van der Waals surface area contributed by atoms with Gasteiger partial charge in [-0.05, 0) is 101 Å². The minimum Gasteiger partial charge on any atom is -0.0610 e. The van der Waals surface area contributed by atoms with Gasteiger partial charge in [-0.3, -0.25) is 0 Å². The summed E-state index contributed by atoms with van der Waals surface area (Å²) in [4.78, 5) is 0. The normalized spacial score (nSPS) is 12.8. The molecule has 110 valence electrons. The van der Waals surface area contributed by atoms with E-state index in [4.69, 9.17) is 0 Å². The molecular formula is C20H16I2. The molecule has 0 spiro atoms. The maximum atomic E-state index is 2.48. The van der Waals surface area contributed by atoms with Gasteiger partial charge in [0.15, 0.2) is 0 Å². The Morgan fingerprint density at radius 3 is 1.68 bits per heavy atom. The fourth-order valence-electron chi connectivity index (χ4n) is 3.29.